The quantitative estimate of drug-likeness (QED) is 0.573. The second kappa shape index (κ2) is 3.16. The molecule has 0 amide bonds. The highest BCUT2D eigenvalue weighted by Gasteiger charge is 1.88. The molecule has 10 heavy (non-hydrogen) atoms. The van der Waals surface area contributed by atoms with E-state index in [1.807, 2.05) is 31.5 Å². The lowest BCUT2D eigenvalue weighted by molar-refractivity contribution is 1.27. The van der Waals surface area contributed by atoms with Gasteiger partial charge in [-0.2, -0.15) is 0 Å². The van der Waals surface area contributed by atoms with Crippen molar-refractivity contribution < 1.29 is 0 Å². The molecule has 0 aliphatic carbocycles. The standard InChI is InChI=1S/C9H11N/c1-3-4-9-7-10-6-5-8(9)2/h3-7H,1-2H3/b4-3-. The third kappa shape index (κ3) is 1.44. The lowest BCUT2D eigenvalue weighted by Gasteiger charge is -1.95. The Labute approximate surface area is 61.4 Å². The van der Waals surface area contributed by atoms with Gasteiger partial charge in [0.15, 0.2) is 0 Å². The predicted molar refractivity (Wildman–Crippen MR) is 43.7 cm³/mol. The Balaban J connectivity index is 3.03. The van der Waals surface area contributed by atoms with E-state index in [4.69, 9.17) is 0 Å². The molecule has 1 aromatic heterocycles. The molecular weight excluding hydrogens is 122 g/mol. The molecule has 1 aromatic rings. The van der Waals surface area contributed by atoms with E-state index < -0.39 is 0 Å². The Morgan fingerprint density at radius 1 is 1.50 bits per heavy atom. The SMILES string of the molecule is C/C=C\c1cnccc1C. The van der Waals surface area contributed by atoms with Crippen LogP contribution in [0.5, 0.6) is 0 Å². The summed E-state index contributed by atoms with van der Waals surface area (Å²) < 4.78 is 0. The number of hydrogen-bond donors (Lipinski definition) is 0. The van der Waals surface area contributed by atoms with E-state index in [9.17, 15) is 0 Å². The monoisotopic (exact) mass is 133 g/mol. The molecule has 0 radical (unpaired) electrons. The molecule has 0 aliphatic heterocycles. The van der Waals surface area contributed by atoms with Crippen LogP contribution in [0.15, 0.2) is 24.5 Å². The van der Waals surface area contributed by atoms with E-state index in [2.05, 4.69) is 18.0 Å². The number of aryl methyl sites for hydroxylation is 1. The highest BCUT2D eigenvalue weighted by atomic mass is 14.6. The normalized spacial score (nSPS) is 10.6. The summed E-state index contributed by atoms with van der Waals surface area (Å²) in [5, 5.41) is 0. The third-order valence-electron chi connectivity index (χ3n) is 1.43. The molecule has 0 aliphatic rings. The number of rotatable bonds is 1. The molecule has 0 atom stereocenters. The van der Waals surface area contributed by atoms with E-state index in [1.54, 1.807) is 0 Å². The molecule has 0 fully saturated rings. The summed E-state index contributed by atoms with van der Waals surface area (Å²) in [6.45, 7) is 4.09. The van der Waals surface area contributed by atoms with Gasteiger partial charge in [-0.15, -0.1) is 0 Å². The van der Waals surface area contributed by atoms with Crippen molar-refractivity contribution in [3.05, 3.63) is 35.7 Å². The summed E-state index contributed by atoms with van der Waals surface area (Å²) in [6.07, 6.45) is 7.75. The Bertz CT molecular complexity index is 238. The minimum atomic E-state index is 1.20. The maximum absolute atomic E-state index is 4.01. The molecule has 0 spiro atoms. The second-order valence-corrected chi connectivity index (χ2v) is 2.23. The molecule has 1 rings (SSSR count). The first-order valence-corrected chi connectivity index (χ1v) is 3.38. The van der Waals surface area contributed by atoms with Crippen LogP contribution in [0.1, 0.15) is 18.1 Å². The van der Waals surface area contributed by atoms with Crippen LogP contribution < -0.4 is 0 Å². The fourth-order valence-electron chi connectivity index (χ4n) is 0.830. The number of nitrogens with zero attached hydrogens (tertiary/aromatic N) is 1. The van der Waals surface area contributed by atoms with Crippen molar-refractivity contribution in [2.75, 3.05) is 0 Å². The van der Waals surface area contributed by atoms with Crippen LogP contribution in [0.4, 0.5) is 0 Å². The van der Waals surface area contributed by atoms with E-state index >= 15 is 0 Å². The fraction of sp³-hybridized carbons (Fsp3) is 0.222. The van der Waals surface area contributed by atoms with Crippen LogP contribution >= 0.6 is 0 Å². The van der Waals surface area contributed by atoms with Crippen LogP contribution in [0, 0.1) is 6.92 Å². The van der Waals surface area contributed by atoms with Crippen molar-refractivity contribution in [3.63, 3.8) is 0 Å². The van der Waals surface area contributed by atoms with Crippen LogP contribution in [-0.4, -0.2) is 4.98 Å². The maximum atomic E-state index is 4.01. The van der Waals surface area contributed by atoms with Gasteiger partial charge in [0, 0.05) is 12.4 Å². The van der Waals surface area contributed by atoms with Crippen molar-refractivity contribution in [1.29, 1.82) is 0 Å². The van der Waals surface area contributed by atoms with Crippen LogP contribution in [0.3, 0.4) is 0 Å². The molecule has 0 N–H and O–H groups in total. The number of pyridine rings is 1. The van der Waals surface area contributed by atoms with E-state index in [0.29, 0.717) is 0 Å². The van der Waals surface area contributed by atoms with Crippen molar-refractivity contribution in [3.8, 4) is 0 Å². The van der Waals surface area contributed by atoms with Gasteiger partial charge in [-0.3, -0.25) is 4.98 Å². The summed E-state index contributed by atoms with van der Waals surface area (Å²) in [7, 11) is 0. The molecule has 0 saturated heterocycles. The zero-order valence-electron chi connectivity index (χ0n) is 6.33. The van der Waals surface area contributed by atoms with Crippen LogP contribution in [0.2, 0.25) is 0 Å². The Morgan fingerprint density at radius 2 is 2.30 bits per heavy atom. The van der Waals surface area contributed by atoms with Gasteiger partial charge >= 0.3 is 0 Å². The minimum absolute atomic E-state index is 1.20. The largest absolute Gasteiger partial charge is 0.264 e. The van der Waals surface area contributed by atoms with Crippen molar-refractivity contribution in [1.82, 2.24) is 4.98 Å². The summed E-state index contributed by atoms with van der Waals surface area (Å²) >= 11 is 0. The third-order valence-corrected chi connectivity index (χ3v) is 1.43. The van der Waals surface area contributed by atoms with Crippen molar-refractivity contribution >= 4 is 6.08 Å². The fourth-order valence-corrected chi connectivity index (χ4v) is 0.830. The lowest BCUT2D eigenvalue weighted by Crippen LogP contribution is -1.80. The van der Waals surface area contributed by atoms with Crippen molar-refractivity contribution in [2.24, 2.45) is 0 Å². The predicted octanol–water partition coefficient (Wildman–Crippen LogP) is 2.42. The molecule has 52 valence electrons. The number of hydrogen-bond acceptors (Lipinski definition) is 1. The zero-order chi connectivity index (χ0) is 7.40. The molecule has 0 unspecified atom stereocenters. The van der Waals surface area contributed by atoms with Gasteiger partial charge in [0.25, 0.3) is 0 Å². The van der Waals surface area contributed by atoms with Gasteiger partial charge in [-0.1, -0.05) is 12.2 Å². The molecule has 0 aromatic carbocycles. The first-order chi connectivity index (χ1) is 4.84. The van der Waals surface area contributed by atoms with E-state index in [-0.39, 0.29) is 0 Å². The van der Waals surface area contributed by atoms with Gasteiger partial charge in [0.2, 0.25) is 0 Å². The molecule has 1 heterocycles. The van der Waals surface area contributed by atoms with E-state index in [0.717, 1.165) is 0 Å². The second-order valence-electron chi connectivity index (χ2n) is 2.23. The van der Waals surface area contributed by atoms with Gasteiger partial charge in [0.1, 0.15) is 0 Å². The average molecular weight is 133 g/mol. The summed E-state index contributed by atoms with van der Waals surface area (Å²) in [5.41, 5.74) is 2.47. The number of aromatic nitrogens is 1. The molecule has 1 heteroatoms. The maximum Gasteiger partial charge on any atom is 0.0342 e. The summed E-state index contributed by atoms with van der Waals surface area (Å²) in [5.74, 6) is 0. The zero-order valence-corrected chi connectivity index (χ0v) is 6.33. The Morgan fingerprint density at radius 3 is 2.90 bits per heavy atom. The van der Waals surface area contributed by atoms with Gasteiger partial charge in [0.05, 0.1) is 0 Å². The number of allylic oxidation sites excluding steroid dienone is 1. The summed E-state index contributed by atoms with van der Waals surface area (Å²) in [4.78, 5) is 4.01. The van der Waals surface area contributed by atoms with Crippen LogP contribution in [-0.2, 0) is 0 Å². The van der Waals surface area contributed by atoms with Gasteiger partial charge in [-0.05, 0) is 31.0 Å². The highest BCUT2D eigenvalue weighted by molar-refractivity contribution is 5.51. The topological polar surface area (TPSA) is 12.9 Å². The van der Waals surface area contributed by atoms with Crippen LogP contribution in [0.25, 0.3) is 6.08 Å². The molecular formula is C9H11N. The first kappa shape index (κ1) is 7.00. The smallest absolute Gasteiger partial charge is 0.0342 e. The van der Waals surface area contributed by atoms with Gasteiger partial charge < -0.3 is 0 Å². The van der Waals surface area contributed by atoms with Crippen molar-refractivity contribution in [2.45, 2.75) is 13.8 Å². The van der Waals surface area contributed by atoms with E-state index in [1.165, 1.54) is 11.1 Å². The minimum Gasteiger partial charge on any atom is -0.264 e. The summed E-state index contributed by atoms with van der Waals surface area (Å²) in [6, 6.07) is 2.01. The average Bonchev–Trinajstić information content (AvgIpc) is 1.94. The molecule has 0 bridgehead atoms. The Kier molecular flexibility index (Phi) is 2.21. The van der Waals surface area contributed by atoms with Gasteiger partial charge in [-0.25, -0.2) is 0 Å². The highest BCUT2D eigenvalue weighted by Crippen LogP contribution is 2.05. The first-order valence-electron chi connectivity index (χ1n) is 3.38. The Hall–Kier alpha value is -1.11. The molecule has 0 saturated carbocycles. The lowest BCUT2D eigenvalue weighted by atomic mass is 10.1. The molecule has 1 nitrogen and oxygen atoms in total.